The van der Waals surface area contributed by atoms with Gasteiger partial charge in [-0.1, -0.05) is 34.8 Å². The molecule has 0 amide bonds. The second-order valence-corrected chi connectivity index (χ2v) is 4.80. The first-order valence-corrected chi connectivity index (χ1v) is 4.69. The summed E-state index contributed by atoms with van der Waals surface area (Å²) in [6.07, 6.45) is 1.29. The van der Waals surface area contributed by atoms with E-state index in [9.17, 15) is 4.79 Å². The van der Waals surface area contributed by atoms with E-state index in [-0.39, 0.29) is 11.3 Å². The van der Waals surface area contributed by atoms with Crippen LogP contribution in [0.1, 0.15) is 16.1 Å². The molecule has 0 fully saturated rings. The summed E-state index contributed by atoms with van der Waals surface area (Å²) in [6, 6.07) is 0. The molecule has 0 unspecified atom stereocenters. The van der Waals surface area contributed by atoms with Gasteiger partial charge in [0.05, 0.1) is 13.3 Å². The molecule has 14 heavy (non-hydrogen) atoms. The molecule has 0 aliphatic rings. The van der Waals surface area contributed by atoms with Gasteiger partial charge in [0.25, 0.3) is 0 Å². The number of rotatable bonds is 1. The molecule has 0 radical (unpaired) electrons. The van der Waals surface area contributed by atoms with Crippen LogP contribution < -0.4 is 0 Å². The number of aryl methyl sites for hydroxylation is 1. The topological polar surface area (TPSA) is 44.1 Å². The molecule has 0 saturated heterocycles. The van der Waals surface area contributed by atoms with Gasteiger partial charge in [-0.2, -0.15) is 5.10 Å². The summed E-state index contributed by atoms with van der Waals surface area (Å²) in [4.78, 5) is 11.2. The first-order valence-electron chi connectivity index (χ1n) is 3.55. The number of alkyl halides is 3. The highest BCUT2D eigenvalue weighted by atomic mass is 35.6. The highest BCUT2D eigenvalue weighted by molar-refractivity contribution is 6.66. The average Bonchev–Trinajstić information content (AvgIpc) is 2.44. The van der Waals surface area contributed by atoms with Crippen LogP contribution in [-0.4, -0.2) is 22.9 Å². The van der Waals surface area contributed by atoms with Gasteiger partial charge in [-0.3, -0.25) is 4.68 Å². The van der Waals surface area contributed by atoms with E-state index < -0.39 is 9.76 Å². The molecular weight excluding hydrogens is 250 g/mol. The summed E-state index contributed by atoms with van der Waals surface area (Å²) in [5.41, 5.74) is 0.337. The van der Waals surface area contributed by atoms with E-state index in [4.69, 9.17) is 34.8 Å². The van der Waals surface area contributed by atoms with Crippen LogP contribution in [0.4, 0.5) is 0 Å². The number of carbonyl (C=O) groups is 1. The maximum atomic E-state index is 11.2. The Hall–Kier alpha value is -0.450. The lowest BCUT2D eigenvalue weighted by atomic mass is 10.2. The molecule has 0 spiro atoms. The van der Waals surface area contributed by atoms with Crippen LogP contribution in [0.5, 0.6) is 0 Å². The normalized spacial score (nSPS) is 11.5. The Bertz CT molecular complexity index is 356. The van der Waals surface area contributed by atoms with Gasteiger partial charge in [-0.25, -0.2) is 4.79 Å². The summed E-state index contributed by atoms with van der Waals surface area (Å²) < 4.78 is 4.14. The molecule has 0 atom stereocenters. The van der Waals surface area contributed by atoms with Gasteiger partial charge in [-0.05, 0) is 0 Å². The number of hydrogen-bond donors (Lipinski definition) is 0. The number of ether oxygens (including phenoxy) is 1. The largest absolute Gasteiger partial charge is 0.465 e. The standard InChI is InChI=1S/C7H7Cl3N2O2/c1-12-5(7(8,9)10)4(3-11-12)6(13)14-2/h3H,1-2H3. The van der Waals surface area contributed by atoms with Gasteiger partial charge in [0.15, 0.2) is 0 Å². The molecule has 0 aromatic carbocycles. The zero-order valence-electron chi connectivity index (χ0n) is 7.42. The summed E-state index contributed by atoms with van der Waals surface area (Å²) >= 11 is 17.0. The number of nitrogens with zero attached hydrogens (tertiary/aromatic N) is 2. The minimum atomic E-state index is -1.70. The molecule has 0 N–H and O–H groups in total. The molecule has 7 heteroatoms. The number of methoxy groups -OCH3 is 1. The Morgan fingerprint density at radius 3 is 2.57 bits per heavy atom. The minimum Gasteiger partial charge on any atom is -0.465 e. The lowest BCUT2D eigenvalue weighted by Crippen LogP contribution is -2.14. The van der Waals surface area contributed by atoms with Crippen molar-refractivity contribution < 1.29 is 9.53 Å². The van der Waals surface area contributed by atoms with Crippen LogP contribution >= 0.6 is 34.8 Å². The van der Waals surface area contributed by atoms with Crippen molar-refractivity contribution in [1.29, 1.82) is 0 Å². The molecule has 0 saturated carbocycles. The Labute approximate surface area is 95.7 Å². The van der Waals surface area contributed by atoms with E-state index in [1.807, 2.05) is 0 Å². The fourth-order valence-electron chi connectivity index (χ4n) is 1.03. The highest BCUT2D eigenvalue weighted by Gasteiger charge is 2.33. The van der Waals surface area contributed by atoms with E-state index in [0.717, 1.165) is 0 Å². The predicted molar refractivity (Wildman–Crippen MR) is 53.8 cm³/mol. The Morgan fingerprint density at radius 2 is 2.14 bits per heavy atom. The zero-order chi connectivity index (χ0) is 10.9. The molecule has 1 aromatic rings. The van der Waals surface area contributed by atoms with Gasteiger partial charge in [-0.15, -0.1) is 0 Å². The second kappa shape index (κ2) is 3.96. The monoisotopic (exact) mass is 256 g/mol. The van der Waals surface area contributed by atoms with Gasteiger partial charge in [0, 0.05) is 7.05 Å². The van der Waals surface area contributed by atoms with Crippen LogP contribution in [0.15, 0.2) is 6.20 Å². The number of carbonyl (C=O) groups excluding carboxylic acids is 1. The van der Waals surface area contributed by atoms with Crippen molar-refractivity contribution in [2.45, 2.75) is 3.79 Å². The minimum absolute atomic E-state index is 0.148. The van der Waals surface area contributed by atoms with Gasteiger partial charge >= 0.3 is 5.97 Å². The number of aromatic nitrogens is 2. The smallest absolute Gasteiger partial charge is 0.341 e. The lowest BCUT2D eigenvalue weighted by molar-refractivity contribution is 0.0599. The maximum Gasteiger partial charge on any atom is 0.341 e. The first-order chi connectivity index (χ1) is 6.38. The van der Waals surface area contributed by atoms with Crippen molar-refractivity contribution in [3.05, 3.63) is 17.5 Å². The predicted octanol–water partition coefficient (Wildman–Crippen LogP) is 2.03. The third kappa shape index (κ3) is 2.13. The number of esters is 1. The molecule has 1 heterocycles. The van der Waals surface area contributed by atoms with Crippen molar-refractivity contribution in [2.75, 3.05) is 7.11 Å². The molecular formula is C7H7Cl3N2O2. The average molecular weight is 258 g/mol. The maximum absolute atomic E-state index is 11.2. The van der Waals surface area contributed by atoms with Crippen LogP contribution in [-0.2, 0) is 15.6 Å². The molecule has 1 rings (SSSR count). The molecule has 0 bridgehead atoms. The Kier molecular flexibility index (Phi) is 3.29. The van der Waals surface area contributed by atoms with Crippen molar-refractivity contribution in [2.24, 2.45) is 7.05 Å². The van der Waals surface area contributed by atoms with E-state index in [2.05, 4.69) is 9.84 Å². The zero-order valence-corrected chi connectivity index (χ0v) is 9.69. The molecule has 1 aromatic heterocycles. The SMILES string of the molecule is COC(=O)c1cnn(C)c1C(Cl)(Cl)Cl. The van der Waals surface area contributed by atoms with Crippen molar-refractivity contribution in [3.8, 4) is 0 Å². The van der Waals surface area contributed by atoms with Crippen molar-refractivity contribution in [3.63, 3.8) is 0 Å². The molecule has 0 aliphatic carbocycles. The Balaban J connectivity index is 3.27. The van der Waals surface area contributed by atoms with E-state index in [1.165, 1.54) is 18.0 Å². The van der Waals surface area contributed by atoms with E-state index in [0.29, 0.717) is 0 Å². The number of halogens is 3. The quantitative estimate of drug-likeness (QED) is 0.571. The number of hydrogen-bond acceptors (Lipinski definition) is 3. The van der Waals surface area contributed by atoms with Gasteiger partial charge < -0.3 is 4.74 Å². The summed E-state index contributed by atoms with van der Waals surface area (Å²) in [6.45, 7) is 0. The Morgan fingerprint density at radius 1 is 1.57 bits per heavy atom. The van der Waals surface area contributed by atoms with Gasteiger partial charge in [0.2, 0.25) is 3.79 Å². The fourth-order valence-corrected chi connectivity index (χ4v) is 1.71. The third-order valence-corrected chi connectivity index (χ3v) is 2.15. The van der Waals surface area contributed by atoms with Crippen LogP contribution in [0.3, 0.4) is 0 Å². The summed E-state index contributed by atoms with van der Waals surface area (Å²) in [5.74, 6) is -0.584. The second-order valence-electron chi connectivity index (χ2n) is 2.52. The first kappa shape index (κ1) is 11.6. The van der Waals surface area contributed by atoms with E-state index in [1.54, 1.807) is 7.05 Å². The fraction of sp³-hybridized carbons (Fsp3) is 0.429. The van der Waals surface area contributed by atoms with Crippen molar-refractivity contribution >= 4 is 40.8 Å². The highest BCUT2D eigenvalue weighted by Crippen LogP contribution is 2.39. The van der Waals surface area contributed by atoms with Crippen LogP contribution in [0.25, 0.3) is 0 Å². The van der Waals surface area contributed by atoms with Crippen molar-refractivity contribution in [1.82, 2.24) is 9.78 Å². The lowest BCUT2D eigenvalue weighted by Gasteiger charge is -2.12. The van der Waals surface area contributed by atoms with E-state index >= 15 is 0 Å². The van der Waals surface area contributed by atoms with Crippen LogP contribution in [0.2, 0.25) is 0 Å². The molecule has 78 valence electrons. The molecule has 4 nitrogen and oxygen atoms in total. The molecule has 0 aliphatic heterocycles. The van der Waals surface area contributed by atoms with Gasteiger partial charge in [0.1, 0.15) is 11.3 Å². The summed E-state index contributed by atoms with van der Waals surface area (Å²) in [5, 5.41) is 3.81. The summed E-state index contributed by atoms with van der Waals surface area (Å²) in [7, 11) is 2.82. The third-order valence-electron chi connectivity index (χ3n) is 1.61. The van der Waals surface area contributed by atoms with Crippen LogP contribution in [0, 0.1) is 0 Å².